The fourth-order valence-electron chi connectivity index (χ4n) is 2.33. The Bertz CT molecular complexity index is 638. The SMILES string of the molecule is COc1ccc(S(=O)(=O)N2CCN(C(N)=S)CC2)c(C)c1. The molecule has 2 N–H and O–H groups in total. The summed E-state index contributed by atoms with van der Waals surface area (Å²) in [5.41, 5.74) is 6.24. The highest BCUT2D eigenvalue weighted by atomic mass is 32.2. The number of ether oxygens (including phenoxy) is 1. The van der Waals surface area contributed by atoms with Crippen LogP contribution in [0.5, 0.6) is 5.75 Å². The average molecular weight is 329 g/mol. The molecule has 1 aromatic carbocycles. The van der Waals surface area contributed by atoms with Crippen LogP contribution in [0.15, 0.2) is 23.1 Å². The number of nitrogens with zero attached hydrogens (tertiary/aromatic N) is 2. The molecule has 2 rings (SSSR count). The minimum absolute atomic E-state index is 0.312. The lowest BCUT2D eigenvalue weighted by molar-refractivity contribution is 0.267. The molecule has 1 heterocycles. The van der Waals surface area contributed by atoms with Gasteiger partial charge in [0.15, 0.2) is 5.11 Å². The molecule has 6 nitrogen and oxygen atoms in total. The normalized spacial score (nSPS) is 16.8. The number of piperazine rings is 1. The molecule has 0 aromatic heterocycles. The fourth-order valence-corrected chi connectivity index (χ4v) is 4.14. The zero-order valence-electron chi connectivity index (χ0n) is 12.1. The van der Waals surface area contributed by atoms with Crippen LogP contribution in [0, 0.1) is 6.92 Å². The number of sulfonamides is 1. The van der Waals surface area contributed by atoms with Crippen LogP contribution in [0.1, 0.15) is 5.56 Å². The number of methoxy groups -OCH3 is 1. The number of thiocarbonyl (C=S) groups is 1. The van der Waals surface area contributed by atoms with E-state index in [9.17, 15) is 8.42 Å². The highest BCUT2D eigenvalue weighted by molar-refractivity contribution is 7.89. The summed E-state index contributed by atoms with van der Waals surface area (Å²) in [4.78, 5) is 2.12. The first-order chi connectivity index (χ1) is 9.86. The summed E-state index contributed by atoms with van der Waals surface area (Å²) in [6.07, 6.45) is 0. The van der Waals surface area contributed by atoms with Crippen LogP contribution in [0.3, 0.4) is 0 Å². The smallest absolute Gasteiger partial charge is 0.243 e. The maximum Gasteiger partial charge on any atom is 0.243 e. The quantitative estimate of drug-likeness (QED) is 0.817. The second-order valence-corrected chi connectivity index (χ2v) is 7.19. The molecular weight excluding hydrogens is 310 g/mol. The van der Waals surface area contributed by atoms with E-state index in [1.807, 2.05) is 4.90 Å². The van der Waals surface area contributed by atoms with Crippen LogP contribution in [-0.2, 0) is 10.0 Å². The zero-order chi connectivity index (χ0) is 15.6. The van der Waals surface area contributed by atoms with E-state index in [4.69, 9.17) is 22.7 Å². The number of benzene rings is 1. The van der Waals surface area contributed by atoms with Gasteiger partial charge in [0.1, 0.15) is 5.75 Å². The first-order valence-corrected chi connectivity index (χ1v) is 8.40. The summed E-state index contributed by atoms with van der Waals surface area (Å²) in [7, 11) is -1.95. The van der Waals surface area contributed by atoms with Crippen LogP contribution in [0.2, 0.25) is 0 Å². The van der Waals surface area contributed by atoms with Crippen molar-refractivity contribution in [1.82, 2.24) is 9.21 Å². The molecule has 0 radical (unpaired) electrons. The van der Waals surface area contributed by atoms with E-state index >= 15 is 0 Å². The Morgan fingerprint density at radius 2 is 1.90 bits per heavy atom. The van der Waals surface area contributed by atoms with Crippen molar-refractivity contribution in [3.8, 4) is 5.75 Å². The lowest BCUT2D eigenvalue weighted by Gasteiger charge is -2.34. The van der Waals surface area contributed by atoms with Crippen LogP contribution < -0.4 is 10.5 Å². The molecule has 0 aliphatic carbocycles. The molecule has 1 fully saturated rings. The molecular formula is C13H19N3O3S2. The van der Waals surface area contributed by atoms with Crippen molar-refractivity contribution >= 4 is 27.4 Å². The molecule has 0 saturated carbocycles. The van der Waals surface area contributed by atoms with Gasteiger partial charge in [0.05, 0.1) is 12.0 Å². The van der Waals surface area contributed by atoms with E-state index in [1.165, 1.54) is 4.31 Å². The van der Waals surface area contributed by atoms with Crippen LogP contribution in [0.4, 0.5) is 0 Å². The third-order valence-electron chi connectivity index (χ3n) is 3.55. The van der Waals surface area contributed by atoms with Gasteiger partial charge in [-0.1, -0.05) is 0 Å². The number of nitrogens with two attached hydrogens (primary N) is 1. The number of hydrogen-bond acceptors (Lipinski definition) is 4. The van der Waals surface area contributed by atoms with E-state index in [1.54, 1.807) is 32.2 Å². The molecule has 1 aliphatic heterocycles. The summed E-state index contributed by atoms with van der Waals surface area (Å²) < 4.78 is 31.9. The summed E-state index contributed by atoms with van der Waals surface area (Å²) in [6, 6.07) is 4.97. The predicted molar refractivity (Wildman–Crippen MR) is 84.8 cm³/mol. The molecule has 1 saturated heterocycles. The third-order valence-corrected chi connectivity index (χ3v) is 5.87. The van der Waals surface area contributed by atoms with E-state index < -0.39 is 10.0 Å². The molecule has 0 atom stereocenters. The average Bonchev–Trinajstić information content (AvgIpc) is 2.46. The molecule has 1 aromatic rings. The largest absolute Gasteiger partial charge is 0.497 e. The topological polar surface area (TPSA) is 75.9 Å². The van der Waals surface area contributed by atoms with Gasteiger partial charge in [-0.15, -0.1) is 0 Å². The van der Waals surface area contributed by atoms with Gasteiger partial charge >= 0.3 is 0 Å². The summed E-state index contributed by atoms with van der Waals surface area (Å²) in [5.74, 6) is 0.643. The van der Waals surface area contributed by atoms with Crippen LogP contribution in [0.25, 0.3) is 0 Å². The molecule has 0 bridgehead atoms. The highest BCUT2D eigenvalue weighted by Crippen LogP contribution is 2.24. The lowest BCUT2D eigenvalue weighted by atomic mass is 10.2. The minimum Gasteiger partial charge on any atom is -0.497 e. The first kappa shape index (κ1) is 16.0. The summed E-state index contributed by atoms with van der Waals surface area (Å²) >= 11 is 4.91. The Morgan fingerprint density at radius 3 is 2.38 bits per heavy atom. The minimum atomic E-state index is -3.50. The van der Waals surface area contributed by atoms with Gasteiger partial charge in [-0.05, 0) is 42.9 Å². The Hall–Kier alpha value is -1.38. The Kier molecular flexibility index (Phi) is 4.70. The monoisotopic (exact) mass is 329 g/mol. The highest BCUT2D eigenvalue weighted by Gasteiger charge is 2.29. The van der Waals surface area contributed by atoms with Crippen molar-refractivity contribution in [2.24, 2.45) is 5.73 Å². The molecule has 21 heavy (non-hydrogen) atoms. The fraction of sp³-hybridized carbons (Fsp3) is 0.462. The molecule has 0 unspecified atom stereocenters. The number of rotatable bonds is 3. The van der Waals surface area contributed by atoms with Gasteiger partial charge < -0.3 is 15.4 Å². The second-order valence-electron chi connectivity index (χ2n) is 4.86. The molecule has 8 heteroatoms. The summed E-state index contributed by atoms with van der Waals surface area (Å²) in [5, 5.41) is 0.313. The first-order valence-electron chi connectivity index (χ1n) is 6.55. The van der Waals surface area contributed by atoms with E-state index in [0.29, 0.717) is 47.5 Å². The van der Waals surface area contributed by atoms with Gasteiger partial charge in [-0.2, -0.15) is 4.31 Å². The van der Waals surface area contributed by atoms with E-state index in [-0.39, 0.29) is 0 Å². The third kappa shape index (κ3) is 3.28. The van der Waals surface area contributed by atoms with Crippen molar-refractivity contribution in [2.75, 3.05) is 33.3 Å². The Labute approximate surface area is 130 Å². The van der Waals surface area contributed by atoms with Gasteiger partial charge in [0.25, 0.3) is 0 Å². The number of hydrogen-bond donors (Lipinski definition) is 1. The Morgan fingerprint density at radius 1 is 1.29 bits per heavy atom. The van der Waals surface area contributed by atoms with Crippen molar-refractivity contribution in [1.29, 1.82) is 0 Å². The maximum absolute atomic E-state index is 12.7. The van der Waals surface area contributed by atoms with Gasteiger partial charge in [-0.3, -0.25) is 0 Å². The van der Waals surface area contributed by atoms with Gasteiger partial charge in [-0.25, -0.2) is 8.42 Å². The van der Waals surface area contributed by atoms with Crippen molar-refractivity contribution in [3.05, 3.63) is 23.8 Å². The molecule has 1 aliphatic rings. The van der Waals surface area contributed by atoms with Crippen LogP contribution in [-0.4, -0.2) is 56.0 Å². The van der Waals surface area contributed by atoms with Gasteiger partial charge in [0.2, 0.25) is 10.0 Å². The van der Waals surface area contributed by atoms with Crippen molar-refractivity contribution in [3.63, 3.8) is 0 Å². The van der Waals surface area contributed by atoms with Crippen molar-refractivity contribution < 1.29 is 13.2 Å². The molecule has 0 amide bonds. The lowest BCUT2D eigenvalue weighted by Crippen LogP contribution is -2.51. The number of aryl methyl sites for hydroxylation is 1. The van der Waals surface area contributed by atoms with Crippen LogP contribution >= 0.6 is 12.2 Å². The Balaban J connectivity index is 2.21. The molecule has 116 valence electrons. The second kappa shape index (κ2) is 6.17. The summed E-state index contributed by atoms with van der Waals surface area (Å²) in [6.45, 7) is 3.56. The zero-order valence-corrected chi connectivity index (χ0v) is 13.7. The maximum atomic E-state index is 12.7. The molecule has 0 spiro atoms. The van der Waals surface area contributed by atoms with Gasteiger partial charge in [0, 0.05) is 26.2 Å². The predicted octanol–water partition coefficient (Wildman–Crippen LogP) is 0.554. The van der Waals surface area contributed by atoms with Crippen molar-refractivity contribution in [2.45, 2.75) is 11.8 Å². The van der Waals surface area contributed by atoms with E-state index in [2.05, 4.69) is 0 Å². The van der Waals surface area contributed by atoms with E-state index in [0.717, 1.165) is 0 Å². The standard InChI is InChI=1S/C13H19N3O3S2/c1-10-9-11(19-2)3-4-12(10)21(17,18)16-7-5-15(6-8-16)13(14)20/h3-4,9H,5-8H2,1-2H3,(H2,14,20).